The van der Waals surface area contributed by atoms with E-state index >= 15 is 0 Å². The minimum Gasteiger partial charge on any atom is -0.507 e. The smallest absolute Gasteiger partial charge is 0.142 e. The van der Waals surface area contributed by atoms with Crippen molar-refractivity contribution in [3.8, 4) is 22.6 Å². The summed E-state index contributed by atoms with van der Waals surface area (Å²) in [6.07, 6.45) is 0. The lowest BCUT2D eigenvalue weighted by Crippen LogP contribution is -1.89. The second-order valence-corrected chi connectivity index (χ2v) is 3.74. The minimum absolute atomic E-state index is 0. The van der Waals surface area contributed by atoms with Crippen molar-refractivity contribution in [2.45, 2.75) is 6.92 Å². The van der Waals surface area contributed by atoms with Gasteiger partial charge in [0.2, 0.25) is 0 Å². The third-order valence-electron chi connectivity index (χ3n) is 2.58. The van der Waals surface area contributed by atoms with Crippen LogP contribution in [0.4, 0.5) is 5.69 Å². The molecule has 0 unspecified atom stereocenters. The van der Waals surface area contributed by atoms with Crippen molar-refractivity contribution in [2.24, 2.45) is 0 Å². The first-order chi connectivity index (χ1) is 7.59. The van der Waals surface area contributed by atoms with E-state index in [1.165, 1.54) is 6.07 Å². The Kier molecular flexibility index (Phi) is 3.86. The average molecular weight is 252 g/mol. The van der Waals surface area contributed by atoms with Crippen LogP contribution in [0.5, 0.6) is 11.5 Å². The Hall–Kier alpha value is -1.87. The van der Waals surface area contributed by atoms with Crippen LogP contribution in [0.25, 0.3) is 11.1 Å². The fraction of sp³-hybridized carbons (Fsp3) is 0.0769. The Balaban J connectivity index is 0.00000144. The molecule has 0 amide bonds. The summed E-state index contributed by atoms with van der Waals surface area (Å²) < 4.78 is 0. The summed E-state index contributed by atoms with van der Waals surface area (Å²) in [7, 11) is 0. The number of rotatable bonds is 1. The molecule has 4 N–H and O–H groups in total. The van der Waals surface area contributed by atoms with Gasteiger partial charge in [0.15, 0.2) is 0 Å². The average Bonchev–Trinajstić information content (AvgIpc) is 2.25. The van der Waals surface area contributed by atoms with Gasteiger partial charge < -0.3 is 15.9 Å². The monoisotopic (exact) mass is 251 g/mol. The summed E-state index contributed by atoms with van der Waals surface area (Å²) in [4.78, 5) is 0. The summed E-state index contributed by atoms with van der Waals surface area (Å²) in [6.45, 7) is 1.96. The Morgan fingerprint density at radius 3 is 2.24 bits per heavy atom. The van der Waals surface area contributed by atoms with Gasteiger partial charge in [0.05, 0.1) is 5.69 Å². The summed E-state index contributed by atoms with van der Waals surface area (Å²) in [5.41, 5.74) is 8.46. The van der Waals surface area contributed by atoms with Crippen LogP contribution < -0.4 is 5.73 Å². The largest absolute Gasteiger partial charge is 0.507 e. The molecule has 0 heterocycles. The van der Waals surface area contributed by atoms with E-state index in [2.05, 4.69) is 0 Å². The minimum atomic E-state index is -0.102. The van der Waals surface area contributed by atoms with E-state index in [4.69, 9.17) is 5.73 Å². The number of nitrogens with two attached hydrogens (primary N) is 1. The highest BCUT2D eigenvalue weighted by atomic mass is 35.5. The molecule has 0 fully saturated rings. The van der Waals surface area contributed by atoms with Gasteiger partial charge in [-0.2, -0.15) is 0 Å². The maximum absolute atomic E-state index is 9.78. The second-order valence-electron chi connectivity index (χ2n) is 3.74. The number of hydrogen-bond acceptors (Lipinski definition) is 3. The Bertz CT molecular complexity index is 541. The standard InChI is InChI=1S/C13H13NO2.ClH/c1-8-4-2-3-5-9(8)10-6-11(14)13(16)7-12(10)15;/h2-7,15-16H,14H2,1H3;1H. The van der Waals surface area contributed by atoms with Crippen molar-refractivity contribution in [1.29, 1.82) is 0 Å². The first-order valence-corrected chi connectivity index (χ1v) is 4.97. The number of aromatic hydroxyl groups is 2. The lowest BCUT2D eigenvalue weighted by atomic mass is 9.99. The molecule has 2 aromatic carbocycles. The molecule has 2 rings (SSSR count). The summed E-state index contributed by atoms with van der Waals surface area (Å²) in [5, 5.41) is 19.1. The number of hydrogen-bond donors (Lipinski definition) is 3. The number of anilines is 1. The highest BCUT2D eigenvalue weighted by molar-refractivity contribution is 5.85. The van der Waals surface area contributed by atoms with Crippen molar-refractivity contribution in [2.75, 3.05) is 5.73 Å². The van der Waals surface area contributed by atoms with Crippen LogP contribution >= 0.6 is 12.4 Å². The molecule has 0 atom stereocenters. The first kappa shape index (κ1) is 13.2. The van der Waals surface area contributed by atoms with E-state index in [-0.39, 0.29) is 29.6 Å². The SMILES string of the molecule is Cc1ccccc1-c1cc(N)c(O)cc1O.Cl. The van der Waals surface area contributed by atoms with Gasteiger partial charge >= 0.3 is 0 Å². The maximum Gasteiger partial charge on any atom is 0.142 e. The van der Waals surface area contributed by atoms with Crippen LogP contribution in [0.3, 0.4) is 0 Å². The van der Waals surface area contributed by atoms with Gasteiger partial charge in [-0.3, -0.25) is 0 Å². The predicted octanol–water partition coefficient (Wildman–Crippen LogP) is 3.08. The summed E-state index contributed by atoms with van der Waals surface area (Å²) in [5.74, 6) is -0.0733. The van der Waals surface area contributed by atoms with Crippen LogP contribution in [0.1, 0.15) is 5.56 Å². The molecule has 4 heteroatoms. The first-order valence-electron chi connectivity index (χ1n) is 4.97. The molecular formula is C13H14ClNO2. The van der Waals surface area contributed by atoms with Gasteiger partial charge in [-0.15, -0.1) is 12.4 Å². The van der Waals surface area contributed by atoms with Gasteiger partial charge in [0.25, 0.3) is 0 Å². The van der Waals surface area contributed by atoms with Crippen molar-refractivity contribution in [1.82, 2.24) is 0 Å². The fourth-order valence-corrected chi connectivity index (χ4v) is 1.68. The van der Waals surface area contributed by atoms with Crippen molar-refractivity contribution >= 4 is 18.1 Å². The van der Waals surface area contributed by atoms with Crippen LogP contribution in [-0.4, -0.2) is 10.2 Å². The molecule has 0 aliphatic rings. The fourth-order valence-electron chi connectivity index (χ4n) is 1.68. The van der Waals surface area contributed by atoms with Crippen molar-refractivity contribution in [3.63, 3.8) is 0 Å². The topological polar surface area (TPSA) is 66.5 Å². The lowest BCUT2D eigenvalue weighted by Gasteiger charge is -2.10. The molecule has 0 bridgehead atoms. The van der Waals surface area contributed by atoms with E-state index in [1.807, 2.05) is 31.2 Å². The number of aryl methyl sites for hydroxylation is 1. The summed E-state index contributed by atoms with van der Waals surface area (Å²) in [6, 6.07) is 10.5. The zero-order chi connectivity index (χ0) is 11.7. The molecule has 0 aliphatic heterocycles. The van der Waals surface area contributed by atoms with Crippen LogP contribution in [0.15, 0.2) is 36.4 Å². The molecule has 2 aromatic rings. The molecule has 0 saturated carbocycles. The van der Waals surface area contributed by atoms with E-state index in [0.29, 0.717) is 5.56 Å². The zero-order valence-corrected chi connectivity index (χ0v) is 10.2. The van der Waals surface area contributed by atoms with Crippen molar-refractivity contribution in [3.05, 3.63) is 42.0 Å². The normalized spacial score (nSPS) is 9.71. The lowest BCUT2D eigenvalue weighted by molar-refractivity contribution is 0.453. The third kappa shape index (κ3) is 2.45. The van der Waals surface area contributed by atoms with Crippen LogP contribution in [-0.2, 0) is 0 Å². The number of phenolic OH excluding ortho intramolecular Hbond substituents is 2. The molecule has 0 aromatic heterocycles. The van der Waals surface area contributed by atoms with Crippen molar-refractivity contribution < 1.29 is 10.2 Å². The molecule has 17 heavy (non-hydrogen) atoms. The molecule has 0 radical (unpaired) electrons. The Labute approximate surface area is 106 Å². The van der Waals surface area contributed by atoms with Gasteiger partial charge in [0, 0.05) is 11.6 Å². The third-order valence-corrected chi connectivity index (χ3v) is 2.58. The Morgan fingerprint density at radius 2 is 1.59 bits per heavy atom. The quantitative estimate of drug-likeness (QED) is 0.415. The zero-order valence-electron chi connectivity index (χ0n) is 9.34. The van der Waals surface area contributed by atoms with E-state index < -0.39 is 0 Å². The van der Waals surface area contributed by atoms with Gasteiger partial charge in [-0.05, 0) is 24.1 Å². The van der Waals surface area contributed by atoms with E-state index in [0.717, 1.165) is 11.1 Å². The van der Waals surface area contributed by atoms with Gasteiger partial charge in [0.1, 0.15) is 11.5 Å². The summed E-state index contributed by atoms with van der Waals surface area (Å²) >= 11 is 0. The molecule has 0 spiro atoms. The Morgan fingerprint density at radius 1 is 0.941 bits per heavy atom. The maximum atomic E-state index is 9.78. The highest BCUT2D eigenvalue weighted by Crippen LogP contribution is 2.37. The highest BCUT2D eigenvalue weighted by Gasteiger charge is 2.09. The molecule has 3 nitrogen and oxygen atoms in total. The number of nitrogen functional groups attached to an aromatic ring is 1. The van der Waals surface area contributed by atoms with Crippen LogP contribution in [0, 0.1) is 6.92 Å². The predicted molar refractivity (Wildman–Crippen MR) is 71.6 cm³/mol. The molecule has 90 valence electrons. The second kappa shape index (κ2) is 4.97. The number of halogens is 1. The van der Waals surface area contributed by atoms with Gasteiger partial charge in [-0.25, -0.2) is 0 Å². The number of benzene rings is 2. The molecular weight excluding hydrogens is 238 g/mol. The van der Waals surface area contributed by atoms with E-state index in [1.54, 1.807) is 6.07 Å². The van der Waals surface area contributed by atoms with E-state index in [9.17, 15) is 10.2 Å². The number of phenols is 2. The molecule has 0 saturated heterocycles. The molecule has 0 aliphatic carbocycles. The van der Waals surface area contributed by atoms with Crippen LogP contribution in [0.2, 0.25) is 0 Å². The van der Waals surface area contributed by atoms with Gasteiger partial charge in [-0.1, -0.05) is 24.3 Å².